The third kappa shape index (κ3) is 1.92. The van der Waals surface area contributed by atoms with E-state index >= 15 is 0 Å². The molecule has 1 rings (SSSR count). The van der Waals surface area contributed by atoms with Crippen molar-refractivity contribution in [3.63, 3.8) is 0 Å². The molecule has 0 fully saturated rings. The zero-order chi connectivity index (χ0) is 8.97. The summed E-state index contributed by atoms with van der Waals surface area (Å²) < 4.78 is 0. The number of aromatic nitrogens is 1. The molecule has 1 aromatic rings. The Labute approximate surface area is 73.1 Å². The largest absolute Gasteiger partial charge is 0.323 e. The van der Waals surface area contributed by atoms with Crippen molar-refractivity contribution in [1.29, 1.82) is 0 Å². The fourth-order valence-electron chi connectivity index (χ4n) is 0.966. The molecule has 0 spiro atoms. The van der Waals surface area contributed by atoms with Crippen LogP contribution >= 0.6 is 0 Å². The molecule has 0 unspecified atom stereocenters. The first kappa shape index (κ1) is 8.94. The summed E-state index contributed by atoms with van der Waals surface area (Å²) in [5.74, 6) is 0. The molecule has 0 aliphatic heterocycles. The zero-order valence-corrected chi connectivity index (χ0v) is 7.33. The Morgan fingerprint density at radius 1 is 1.67 bits per heavy atom. The van der Waals surface area contributed by atoms with Gasteiger partial charge >= 0.3 is 0 Å². The van der Waals surface area contributed by atoms with Gasteiger partial charge in [-0.05, 0) is 18.1 Å². The summed E-state index contributed by atoms with van der Waals surface area (Å²) in [6.45, 7) is 5.70. The van der Waals surface area contributed by atoms with Crippen molar-refractivity contribution in [2.75, 3.05) is 0 Å². The molecule has 0 aromatic carbocycles. The molecule has 64 valence electrons. The maximum atomic E-state index is 5.80. The fraction of sp³-hybridized carbons (Fsp3) is 0.300. The Kier molecular flexibility index (Phi) is 3.00. The van der Waals surface area contributed by atoms with Crippen molar-refractivity contribution < 1.29 is 0 Å². The molecule has 0 aliphatic rings. The average molecular weight is 162 g/mol. The molecular formula is C10H14N2. The van der Waals surface area contributed by atoms with Gasteiger partial charge in [-0.3, -0.25) is 4.98 Å². The second-order valence-electron chi connectivity index (χ2n) is 2.74. The summed E-state index contributed by atoms with van der Waals surface area (Å²) in [6.07, 6.45) is 4.48. The summed E-state index contributed by atoms with van der Waals surface area (Å²) in [6, 6.07) is 3.99. The van der Waals surface area contributed by atoms with Gasteiger partial charge in [0, 0.05) is 12.2 Å². The van der Waals surface area contributed by atoms with E-state index in [9.17, 15) is 0 Å². The molecule has 0 amide bonds. The van der Waals surface area contributed by atoms with Gasteiger partial charge in [0.25, 0.3) is 0 Å². The van der Waals surface area contributed by atoms with Gasteiger partial charge in [-0.15, -0.1) is 0 Å². The van der Waals surface area contributed by atoms with Gasteiger partial charge < -0.3 is 5.73 Å². The maximum absolute atomic E-state index is 5.80. The topological polar surface area (TPSA) is 38.9 Å². The first-order valence-corrected chi connectivity index (χ1v) is 4.12. The highest BCUT2D eigenvalue weighted by molar-refractivity contribution is 5.45. The number of hydrogen-bond acceptors (Lipinski definition) is 2. The first-order chi connectivity index (χ1) is 5.77. The normalized spacial score (nSPS) is 12.5. The predicted molar refractivity (Wildman–Crippen MR) is 51.5 cm³/mol. The second kappa shape index (κ2) is 4.02. The van der Waals surface area contributed by atoms with E-state index < -0.39 is 0 Å². The highest BCUT2D eigenvalue weighted by atomic mass is 14.8. The van der Waals surface area contributed by atoms with Crippen LogP contribution < -0.4 is 5.73 Å². The molecule has 2 heteroatoms. The van der Waals surface area contributed by atoms with E-state index in [4.69, 9.17) is 5.73 Å². The molecule has 2 N–H and O–H groups in total. The number of nitrogens with zero attached hydrogens (tertiary/aromatic N) is 1. The molecule has 0 bridgehead atoms. The monoisotopic (exact) mass is 162 g/mol. The van der Waals surface area contributed by atoms with E-state index in [1.165, 1.54) is 0 Å². The van der Waals surface area contributed by atoms with Crippen molar-refractivity contribution in [1.82, 2.24) is 4.98 Å². The molecule has 0 radical (unpaired) electrons. The highest BCUT2D eigenvalue weighted by Crippen LogP contribution is 2.11. The van der Waals surface area contributed by atoms with Crippen LogP contribution in [0.4, 0.5) is 0 Å². The van der Waals surface area contributed by atoms with Crippen LogP contribution in [0.2, 0.25) is 0 Å². The zero-order valence-electron chi connectivity index (χ0n) is 7.33. The SMILES string of the molecule is C=Cc1ccc([C@H](N)CC)nc1. The Balaban J connectivity index is 2.84. The van der Waals surface area contributed by atoms with E-state index in [1.807, 2.05) is 19.1 Å². The van der Waals surface area contributed by atoms with Gasteiger partial charge in [0.1, 0.15) is 0 Å². The number of rotatable bonds is 3. The Hall–Kier alpha value is -1.15. The summed E-state index contributed by atoms with van der Waals surface area (Å²) in [7, 11) is 0. The smallest absolute Gasteiger partial charge is 0.0571 e. The van der Waals surface area contributed by atoms with E-state index in [-0.39, 0.29) is 6.04 Å². The summed E-state index contributed by atoms with van der Waals surface area (Å²) in [5.41, 5.74) is 7.77. The minimum Gasteiger partial charge on any atom is -0.323 e. The minimum atomic E-state index is 0.0591. The third-order valence-corrected chi connectivity index (χ3v) is 1.86. The predicted octanol–water partition coefficient (Wildman–Crippen LogP) is 2.13. The second-order valence-corrected chi connectivity index (χ2v) is 2.74. The van der Waals surface area contributed by atoms with E-state index in [2.05, 4.69) is 11.6 Å². The Morgan fingerprint density at radius 2 is 2.42 bits per heavy atom. The average Bonchev–Trinajstić information content (AvgIpc) is 2.17. The number of nitrogens with two attached hydrogens (primary N) is 1. The number of hydrogen-bond donors (Lipinski definition) is 1. The van der Waals surface area contributed by atoms with Crippen LogP contribution in [0.25, 0.3) is 6.08 Å². The van der Waals surface area contributed by atoms with E-state index in [0.29, 0.717) is 0 Å². The maximum Gasteiger partial charge on any atom is 0.0571 e. The van der Waals surface area contributed by atoms with Crippen molar-refractivity contribution in [3.8, 4) is 0 Å². The molecular weight excluding hydrogens is 148 g/mol. The van der Waals surface area contributed by atoms with Crippen LogP contribution in [0, 0.1) is 0 Å². The molecule has 12 heavy (non-hydrogen) atoms. The van der Waals surface area contributed by atoms with Crippen molar-refractivity contribution in [3.05, 3.63) is 36.2 Å². The quantitative estimate of drug-likeness (QED) is 0.739. The van der Waals surface area contributed by atoms with Gasteiger partial charge in [0.15, 0.2) is 0 Å². The van der Waals surface area contributed by atoms with Crippen LogP contribution in [0.5, 0.6) is 0 Å². The van der Waals surface area contributed by atoms with Gasteiger partial charge in [0.05, 0.1) is 5.69 Å². The van der Waals surface area contributed by atoms with Gasteiger partial charge in [-0.25, -0.2) is 0 Å². The van der Waals surface area contributed by atoms with Crippen LogP contribution in [0.15, 0.2) is 24.9 Å². The van der Waals surface area contributed by atoms with Crippen LogP contribution in [0.1, 0.15) is 30.6 Å². The highest BCUT2D eigenvalue weighted by Gasteiger charge is 2.02. The van der Waals surface area contributed by atoms with Crippen molar-refractivity contribution in [2.45, 2.75) is 19.4 Å². The Bertz CT molecular complexity index is 251. The van der Waals surface area contributed by atoms with Crippen LogP contribution in [0.3, 0.4) is 0 Å². The lowest BCUT2D eigenvalue weighted by Gasteiger charge is -2.07. The standard InChI is InChI=1S/C10H14N2/c1-3-8-5-6-10(12-7-8)9(11)4-2/h3,5-7,9H,1,4,11H2,2H3/t9-/m1/s1. The summed E-state index contributed by atoms with van der Waals surface area (Å²) in [4.78, 5) is 4.22. The molecule has 2 nitrogen and oxygen atoms in total. The first-order valence-electron chi connectivity index (χ1n) is 4.12. The summed E-state index contributed by atoms with van der Waals surface area (Å²) in [5, 5.41) is 0. The third-order valence-electron chi connectivity index (χ3n) is 1.86. The van der Waals surface area contributed by atoms with E-state index in [0.717, 1.165) is 17.7 Å². The van der Waals surface area contributed by atoms with Crippen molar-refractivity contribution in [2.24, 2.45) is 5.73 Å². The molecule has 1 heterocycles. The van der Waals surface area contributed by atoms with Gasteiger partial charge in [-0.2, -0.15) is 0 Å². The lowest BCUT2D eigenvalue weighted by atomic mass is 10.1. The minimum absolute atomic E-state index is 0.0591. The fourth-order valence-corrected chi connectivity index (χ4v) is 0.966. The van der Waals surface area contributed by atoms with Crippen LogP contribution in [-0.4, -0.2) is 4.98 Å². The van der Waals surface area contributed by atoms with Crippen molar-refractivity contribution >= 4 is 6.08 Å². The Morgan fingerprint density at radius 3 is 2.83 bits per heavy atom. The molecule has 0 saturated carbocycles. The van der Waals surface area contributed by atoms with Crippen LogP contribution in [-0.2, 0) is 0 Å². The molecule has 0 aliphatic carbocycles. The van der Waals surface area contributed by atoms with Gasteiger partial charge in [0.2, 0.25) is 0 Å². The summed E-state index contributed by atoms with van der Waals surface area (Å²) >= 11 is 0. The molecule has 1 aromatic heterocycles. The lowest BCUT2D eigenvalue weighted by Crippen LogP contribution is -2.10. The molecule has 0 saturated heterocycles. The van der Waals surface area contributed by atoms with E-state index in [1.54, 1.807) is 12.3 Å². The van der Waals surface area contributed by atoms with Gasteiger partial charge in [-0.1, -0.05) is 25.6 Å². The lowest BCUT2D eigenvalue weighted by molar-refractivity contribution is 0.675. The number of pyridine rings is 1. The molecule has 1 atom stereocenters.